The summed E-state index contributed by atoms with van der Waals surface area (Å²) < 4.78 is 1.72. The lowest BCUT2D eigenvalue weighted by atomic mass is 10.8. The van der Waals surface area contributed by atoms with E-state index in [1.54, 1.807) is 4.57 Å². The summed E-state index contributed by atoms with van der Waals surface area (Å²) >= 11 is 0. The highest BCUT2D eigenvalue weighted by molar-refractivity contribution is 5.34. The Morgan fingerprint density at radius 1 is 1.40 bits per heavy atom. The summed E-state index contributed by atoms with van der Waals surface area (Å²) in [4.78, 5) is 1.85. The van der Waals surface area contributed by atoms with E-state index in [0.29, 0.717) is 5.95 Å². The highest BCUT2D eigenvalue weighted by Gasteiger charge is 2.05. The molecule has 1 rings (SSSR count). The van der Waals surface area contributed by atoms with Gasteiger partial charge in [0, 0.05) is 21.1 Å². The molecule has 0 bridgehead atoms. The molecular weight excluding hydrogens is 130 g/mol. The minimum Gasteiger partial charge on any atom is -0.368 e. The molecule has 0 aromatic carbocycles. The predicted octanol–water partition coefficient (Wildman–Crippen LogP) is -0.537. The molecule has 0 radical (unpaired) electrons. The number of hydrogen-bond acceptors (Lipinski definition) is 4. The molecule has 0 unspecified atom stereocenters. The van der Waals surface area contributed by atoms with Crippen molar-refractivity contribution in [3.63, 3.8) is 0 Å². The summed E-state index contributed by atoms with van der Waals surface area (Å²) in [5, 5.41) is 7.52. The van der Waals surface area contributed by atoms with Crippen LogP contribution in [0, 0.1) is 0 Å². The van der Waals surface area contributed by atoms with Crippen LogP contribution in [0.5, 0.6) is 0 Å². The van der Waals surface area contributed by atoms with Crippen molar-refractivity contribution >= 4 is 11.9 Å². The average Bonchev–Trinajstić information content (AvgIpc) is 2.14. The molecule has 0 aliphatic rings. The second-order valence-electron chi connectivity index (χ2n) is 2.31. The van der Waals surface area contributed by atoms with Gasteiger partial charge in [-0.3, -0.25) is 4.57 Å². The first kappa shape index (κ1) is 6.85. The van der Waals surface area contributed by atoms with Crippen LogP contribution in [0.1, 0.15) is 0 Å². The van der Waals surface area contributed by atoms with Gasteiger partial charge in [-0.15, -0.1) is 10.2 Å². The van der Waals surface area contributed by atoms with Gasteiger partial charge in [-0.05, 0) is 0 Å². The van der Waals surface area contributed by atoms with Gasteiger partial charge in [0.1, 0.15) is 0 Å². The fraction of sp³-hybridized carbons (Fsp3) is 0.600. The van der Waals surface area contributed by atoms with Crippen molar-refractivity contribution in [2.45, 2.75) is 0 Å². The Morgan fingerprint density at radius 3 is 2.20 bits per heavy atom. The molecule has 1 heterocycles. The van der Waals surface area contributed by atoms with Crippen LogP contribution in [0.3, 0.4) is 0 Å². The lowest BCUT2D eigenvalue weighted by Crippen LogP contribution is -2.14. The zero-order valence-electron chi connectivity index (χ0n) is 6.37. The van der Waals surface area contributed by atoms with Crippen molar-refractivity contribution in [1.29, 1.82) is 0 Å². The van der Waals surface area contributed by atoms with E-state index in [1.165, 1.54) is 0 Å². The van der Waals surface area contributed by atoms with Crippen LogP contribution in [0.25, 0.3) is 0 Å². The Labute approximate surface area is 59.5 Å². The molecule has 0 amide bonds. The summed E-state index contributed by atoms with van der Waals surface area (Å²) in [5.41, 5.74) is 5.44. The Bertz CT molecular complexity index is 226. The van der Waals surface area contributed by atoms with Crippen LogP contribution < -0.4 is 10.6 Å². The van der Waals surface area contributed by atoms with E-state index in [-0.39, 0.29) is 0 Å². The Morgan fingerprint density at radius 2 is 2.00 bits per heavy atom. The Balaban J connectivity index is 3.05. The van der Waals surface area contributed by atoms with Gasteiger partial charge in [0.05, 0.1) is 0 Å². The number of rotatable bonds is 1. The Kier molecular flexibility index (Phi) is 1.48. The number of nitrogens with two attached hydrogens (primary N) is 1. The molecule has 0 saturated heterocycles. The average molecular weight is 141 g/mol. The molecule has 56 valence electrons. The molecule has 1 aromatic heterocycles. The molecule has 1 aromatic rings. The minimum absolute atomic E-state index is 0.434. The number of anilines is 2. The first-order chi connectivity index (χ1) is 4.63. The van der Waals surface area contributed by atoms with E-state index in [2.05, 4.69) is 10.2 Å². The van der Waals surface area contributed by atoms with Gasteiger partial charge in [0.25, 0.3) is 0 Å². The van der Waals surface area contributed by atoms with Gasteiger partial charge < -0.3 is 10.6 Å². The minimum atomic E-state index is 0.434. The van der Waals surface area contributed by atoms with Gasteiger partial charge >= 0.3 is 0 Å². The topological polar surface area (TPSA) is 60.0 Å². The molecular formula is C5H11N5. The van der Waals surface area contributed by atoms with Crippen LogP contribution in [-0.4, -0.2) is 28.9 Å². The molecule has 2 N–H and O–H groups in total. The molecule has 0 saturated carbocycles. The number of nitrogen functional groups attached to an aromatic ring is 1. The quantitative estimate of drug-likeness (QED) is 0.570. The lowest BCUT2D eigenvalue weighted by molar-refractivity contribution is 0.875. The van der Waals surface area contributed by atoms with E-state index in [4.69, 9.17) is 5.73 Å². The van der Waals surface area contributed by atoms with E-state index in [0.717, 1.165) is 5.95 Å². The second kappa shape index (κ2) is 2.17. The van der Waals surface area contributed by atoms with Gasteiger partial charge in [-0.25, -0.2) is 0 Å². The maximum Gasteiger partial charge on any atom is 0.227 e. The summed E-state index contributed by atoms with van der Waals surface area (Å²) in [6.07, 6.45) is 0. The van der Waals surface area contributed by atoms with Crippen molar-refractivity contribution in [3.8, 4) is 0 Å². The van der Waals surface area contributed by atoms with E-state index in [1.807, 2.05) is 26.0 Å². The monoisotopic (exact) mass is 141 g/mol. The molecule has 10 heavy (non-hydrogen) atoms. The lowest BCUT2D eigenvalue weighted by Gasteiger charge is -2.09. The standard InChI is InChI=1S/C5H11N5/c1-9(2)5-8-7-4(6)10(5)3/h1-3H3,(H2,6,7). The third kappa shape index (κ3) is 0.896. The molecule has 0 spiro atoms. The summed E-state index contributed by atoms with van der Waals surface area (Å²) in [7, 11) is 5.61. The van der Waals surface area contributed by atoms with Crippen LogP contribution in [-0.2, 0) is 7.05 Å². The molecule has 5 heteroatoms. The third-order valence-corrected chi connectivity index (χ3v) is 1.29. The maximum atomic E-state index is 5.44. The molecule has 5 nitrogen and oxygen atoms in total. The maximum absolute atomic E-state index is 5.44. The smallest absolute Gasteiger partial charge is 0.227 e. The molecule has 0 atom stereocenters. The van der Waals surface area contributed by atoms with Crippen LogP contribution >= 0.6 is 0 Å². The number of hydrogen-bond donors (Lipinski definition) is 1. The summed E-state index contributed by atoms with van der Waals surface area (Å²) in [5.74, 6) is 1.20. The molecule has 0 aliphatic carbocycles. The SMILES string of the molecule is CN(C)c1nnc(N)n1C. The zero-order valence-corrected chi connectivity index (χ0v) is 6.37. The summed E-state index contributed by atoms with van der Waals surface area (Å²) in [6, 6.07) is 0. The van der Waals surface area contributed by atoms with Crippen molar-refractivity contribution in [3.05, 3.63) is 0 Å². The van der Waals surface area contributed by atoms with Gasteiger partial charge in [-0.1, -0.05) is 0 Å². The van der Waals surface area contributed by atoms with Crippen LogP contribution in [0.2, 0.25) is 0 Å². The summed E-state index contributed by atoms with van der Waals surface area (Å²) in [6.45, 7) is 0. The van der Waals surface area contributed by atoms with Gasteiger partial charge in [-0.2, -0.15) is 0 Å². The first-order valence-electron chi connectivity index (χ1n) is 2.95. The number of aromatic nitrogens is 3. The van der Waals surface area contributed by atoms with Crippen LogP contribution in [0.4, 0.5) is 11.9 Å². The van der Waals surface area contributed by atoms with Gasteiger partial charge in [0.2, 0.25) is 11.9 Å². The predicted molar refractivity (Wildman–Crippen MR) is 39.7 cm³/mol. The molecule has 0 aliphatic heterocycles. The van der Waals surface area contributed by atoms with Crippen molar-refractivity contribution < 1.29 is 0 Å². The fourth-order valence-electron chi connectivity index (χ4n) is 0.722. The highest BCUT2D eigenvalue weighted by Crippen LogP contribution is 2.07. The Hall–Kier alpha value is -1.26. The second-order valence-corrected chi connectivity index (χ2v) is 2.31. The van der Waals surface area contributed by atoms with E-state index < -0.39 is 0 Å². The number of nitrogens with zero attached hydrogens (tertiary/aromatic N) is 4. The van der Waals surface area contributed by atoms with Gasteiger partial charge in [0.15, 0.2) is 0 Å². The van der Waals surface area contributed by atoms with Crippen LogP contribution in [0.15, 0.2) is 0 Å². The highest BCUT2D eigenvalue weighted by atomic mass is 15.4. The van der Waals surface area contributed by atoms with E-state index in [9.17, 15) is 0 Å². The first-order valence-corrected chi connectivity index (χ1v) is 2.95. The van der Waals surface area contributed by atoms with Crippen molar-refractivity contribution in [2.24, 2.45) is 7.05 Å². The fourth-order valence-corrected chi connectivity index (χ4v) is 0.722. The third-order valence-electron chi connectivity index (χ3n) is 1.29. The van der Waals surface area contributed by atoms with E-state index >= 15 is 0 Å². The normalized spacial score (nSPS) is 9.90. The van der Waals surface area contributed by atoms with Crippen molar-refractivity contribution in [2.75, 3.05) is 24.7 Å². The largest absolute Gasteiger partial charge is 0.368 e. The zero-order chi connectivity index (χ0) is 7.72. The van der Waals surface area contributed by atoms with Crippen molar-refractivity contribution in [1.82, 2.24) is 14.8 Å². The molecule has 0 fully saturated rings.